The van der Waals surface area contributed by atoms with Crippen molar-refractivity contribution < 1.29 is 18.7 Å². The van der Waals surface area contributed by atoms with Crippen LogP contribution in [-0.4, -0.2) is 32.7 Å². The number of rotatable bonds is 9. The summed E-state index contributed by atoms with van der Waals surface area (Å²) in [6.45, 7) is 3.58. The SMILES string of the molecule is COCCNCC(=O)Nc1ccc(OCc2cccc(F)c2)cc1C. The summed E-state index contributed by atoms with van der Waals surface area (Å²) < 4.78 is 23.7. The summed E-state index contributed by atoms with van der Waals surface area (Å²) in [7, 11) is 1.61. The Balaban J connectivity index is 1.86. The number of hydrogen-bond donors (Lipinski definition) is 2. The van der Waals surface area contributed by atoms with Crippen molar-refractivity contribution in [1.82, 2.24) is 5.32 Å². The Morgan fingerprint density at radius 1 is 1.20 bits per heavy atom. The van der Waals surface area contributed by atoms with Crippen LogP contribution in [0.15, 0.2) is 42.5 Å². The lowest BCUT2D eigenvalue weighted by atomic mass is 10.2. The maximum atomic E-state index is 13.2. The molecule has 5 nitrogen and oxygen atoms in total. The summed E-state index contributed by atoms with van der Waals surface area (Å²) in [6.07, 6.45) is 0. The molecule has 0 unspecified atom stereocenters. The summed E-state index contributed by atoms with van der Waals surface area (Å²) in [5.41, 5.74) is 2.38. The van der Waals surface area contributed by atoms with Gasteiger partial charge in [-0.2, -0.15) is 0 Å². The Morgan fingerprint density at radius 2 is 2.04 bits per heavy atom. The zero-order valence-corrected chi connectivity index (χ0v) is 14.5. The number of nitrogens with one attached hydrogen (secondary N) is 2. The van der Waals surface area contributed by atoms with Crippen LogP contribution in [0.5, 0.6) is 5.75 Å². The molecule has 0 aliphatic heterocycles. The van der Waals surface area contributed by atoms with Crippen LogP contribution in [0.25, 0.3) is 0 Å². The van der Waals surface area contributed by atoms with E-state index >= 15 is 0 Å². The van der Waals surface area contributed by atoms with Crippen LogP contribution in [-0.2, 0) is 16.1 Å². The molecule has 0 aliphatic rings. The van der Waals surface area contributed by atoms with Crippen LogP contribution in [0.4, 0.5) is 10.1 Å². The fraction of sp³-hybridized carbons (Fsp3) is 0.316. The predicted octanol–water partition coefficient (Wildman–Crippen LogP) is 2.89. The van der Waals surface area contributed by atoms with Gasteiger partial charge in [0.25, 0.3) is 0 Å². The van der Waals surface area contributed by atoms with Crippen molar-refractivity contribution in [2.24, 2.45) is 0 Å². The van der Waals surface area contributed by atoms with E-state index in [9.17, 15) is 9.18 Å². The molecule has 2 N–H and O–H groups in total. The number of hydrogen-bond acceptors (Lipinski definition) is 4. The van der Waals surface area contributed by atoms with E-state index in [2.05, 4.69) is 10.6 Å². The quantitative estimate of drug-likeness (QED) is 0.686. The van der Waals surface area contributed by atoms with Gasteiger partial charge in [-0.15, -0.1) is 0 Å². The maximum absolute atomic E-state index is 13.2. The van der Waals surface area contributed by atoms with Gasteiger partial charge in [0, 0.05) is 19.3 Å². The third-order valence-corrected chi connectivity index (χ3v) is 3.54. The van der Waals surface area contributed by atoms with Gasteiger partial charge in [-0.05, 0) is 48.4 Å². The van der Waals surface area contributed by atoms with Gasteiger partial charge in [0.15, 0.2) is 0 Å². The molecule has 0 spiro atoms. The molecule has 0 aromatic heterocycles. The topological polar surface area (TPSA) is 59.6 Å². The number of carbonyl (C=O) groups excluding carboxylic acids is 1. The van der Waals surface area contributed by atoms with Crippen LogP contribution in [0.2, 0.25) is 0 Å². The van der Waals surface area contributed by atoms with Crippen molar-refractivity contribution in [2.75, 3.05) is 32.1 Å². The highest BCUT2D eigenvalue weighted by Crippen LogP contribution is 2.22. The molecule has 25 heavy (non-hydrogen) atoms. The molecule has 0 atom stereocenters. The molecule has 0 heterocycles. The van der Waals surface area contributed by atoms with Gasteiger partial charge < -0.3 is 20.1 Å². The Morgan fingerprint density at radius 3 is 2.76 bits per heavy atom. The summed E-state index contributed by atoms with van der Waals surface area (Å²) in [6, 6.07) is 11.7. The second-order valence-electron chi connectivity index (χ2n) is 5.61. The molecular weight excluding hydrogens is 323 g/mol. The minimum atomic E-state index is -0.283. The normalized spacial score (nSPS) is 10.5. The molecule has 0 aliphatic carbocycles. The highest BCUT2D eigenvalue weighted by atomic mass is 19.1. The van der Waals surface area contributed by atoms with E-state index < -0.39 is 0 Å². The first-order valence-electron chi connectivity index (χ1n) is 8.06. The lowest BCUT2D eigenvalue weighted by molar-refractivity contribution is -0.115. The van der Waals surface area contributed by atoms with E-state index in [-0.39, 0.29) is 24.9 Å². The minimum absolute atomic E-state index is 0.118. The van der Waals surface area contributed by atoms with Crippen LogP contribution >= 0.6 is 0 Å². The molecule has 1 amide bonds. The van der Waals surface area contributed by atoms with Gasteiger partial charge in [-0.1, -0.05) is 12.1 Å². The fourth-order valence-corrected chi connectivity index (χ4v) is 2.23. The minimum Gasteiger partial charge on any atom is -0.489 e. The van der Waals surface area contributed by atoms with E-state index in [1.807, 2.05) is 13.0 Å². The Hall–Kier alpha value is -2.44. The Kier molecular flexibility index (Phi) is 7.37. The number of benzene rings is 2. The Bertz CT molecular complexity index is 707. The van der Waals surface area contributed by atoms with Gasteiger partial charge >= 0.3 is 0 Å². The summed E-state index contributed by atoms with van der Waals surface area (Å²) in [4.78, 5) is 11.9. The summed E-state index contributed by atoms with van der Waals surface area (Å²) in [5, 5.41) is 5.84. The zero-order valence-electron chi connectivity index (χ0n) is 14.5. The molecule has 0 bridgehead atoms. The van der Waals surface area contributed by atoms with Crippen LogP contribution < -0.4 is 15.4 Å². The summed E-state index contributed by atoms with van der Waals surface area (Å²) >= 11 is 0. The number of halogens is 1. The first kappa shape index (κ1) is 18.9. The number of carbonyl (C=O) groups is 1. The van der Waals surface area contributed by atoms with Gasteiger partial charge in [0.1, 0.15) is 18.2 Å². The maximum Gasteiger partial charge on any atom is 0.238 e. The first-order valence-corrected chi connectivity index (χ1v) is 8.06. The van der Waals surface area contributed by atoms with Crippen molar-refractivity contribution in [1.29, 1.82) is 0 Å². The molecule has 2 aromatic rings. The third-order valence-electron chi connectivity index (χ3n) is 3.54. The zero-order chi connectivity index (χ0) is 18.1. The van der Waals surface area contributed by atoms with E-state index in [0.29, 0.717) is 18.9 Å². The van der Waals surface area contributed by atoms with Crippen LogP contribution in [0.1, 0.15) is 11.1 Å². The van der Waals surface area contributed by atoms with Crippen molar-refractivity contribution in [3.05, 3.63) is 59.4 Å². The largest absolute Gasteiger partial charge is 0.489 e. The van der Waals surface area contributed by atoms with E-state index in [0.717, 1.165) is 16.8 Å². The average molecular weight is 346 g/mol. The Labute approximate surface area is 147 Å². The lowest BCUT2D eigenvalue weighted by Crippen LogP contribution is -2.30. The standard InChI is InChI=1S/C19H23FN2O3/c1-14-10-17(25-13-15-4-3-5-16(20)11-15)6-7-18(14)22-19(23)12-21-8-9-24-2/h3-7,10-11,21H,8-9,12-13H2,1-2H3,(H,22,23). The molecule has 0 saturated heterocycles. The second kappa shape index (κ2) is 9.76. The molecule has 134 valence electrons. The first-order chi connectivity index (χ1) is 12.1. The predicted molar refractivity (Wildman–Crippen MR) is 95.3 cm³/mol. The molecule has 0 saturated carbocycles. The van der Waals surface area contributed by atoms with Gasteiger partial charge in [0.2, 0.25) is 5.91 Å². The summed E-state index contributed by atoms with van der Waals surface area (Å²) in [5.74, 6) is 0.264. The van der Waals surface area contributed by atoms with E-state index in [1.165, 1.54) is 12.1 Å². The van der Waals surface area contributed by atoms with Gasteiger partial charge in [-0.3, -0.25) is 4.79 Å². The van der Waals surface area contributed by atoms with Gasteiger partial charge in [-0.25, -0.2) is 4.39 Å². The van der Waals surface area contributed by atoms with Crippen LogP contribution in [0.3, 0.4) is 0 Å². The van der Waals surface area contributed by atoms with E-state index in [1.54, 1.807) is 31.4 Å². The molecule has 0 radical (unpaired) electrons. The molecular formula is C19H23FN2O3. The number of methoxy groups -OCH3 is 1. The second-order valence-corrected chi connectivity index (χ2v) is 5.61. The van der Waals surface area contributed by atoms with Crippen LogP contribution in [0, 0.1) is 12.7 Å². The number of amides is 1. The highest BCUT2D eigenvalue weighted by molar-refractivity contribution is 5.93. The number of aryl methyl sites for hydroxylation is 1. The van der Waals surface area contributed by atoms with Crippen molar-refractivity contribution in [3.63, 3.8) is 0 Å². The molecule has 2 rings (SSSR count). The third kappa shape index (κ3) is 6.52. The number of ether oxygens (including phenoxy) is 2. The molecule has 0 fully saturated rings. The monoisotopic (exact) mass is 346 g/mol. The smallest absolute Gasteiger partial charge is 0.238 e. The van der Waals surface area contributed by atoms with E-state index in [4.69, 9.17) is 9.47 Å². The van der Waals surface area contributed by atoms with Gasteiger partial charge in [0.05, 0.1) is 13.2 Å². The molecule has 2 aromatic carbocycles. The van der Waals surface area contributed by atoms with Crippen molar-refractivity contribution in [2.45, 2.75) is 13.5 Å². The fourth-order valence-electron chi connectivity index (χ4n) is 2.23. The average Bonchev–Trinajstić information content (AvgIpc) is 2.59. The highest BCUT2D eigenvalue weighted by Gasteiger charge is 2.06. The van der Waals surface area contributed by atoms with Crippen molar-refractivity contribution >= 4 is 11.6 Å². The number of anilines is 1. The lowest BCUT2D eigenvalue weighted by Gasteiger charge is -2.12. The molecule has 6 heteroatoms. The van der Waals surface area contributed by atoms with Crippen molar-refractivity contribution in [3.8, 4) is 5.75 Å².